The Morgan fingerprint density at radius 1 is 1.23 bits per heavy atom. The number of nitrogens with one attached hydrogen (secondary N) is 2. The van der Waals surface area contributed by atoms with E-state index in [9.17, 15) is 9.59 Å². The number of nitrogens with zero attached hydrogens (tertiary/aromatic N) is 2. The van der Waals surface area contributed by atoms with Crippen LogP contribution in [0.5, 0.6) is 0 Å². The van der Waals surface area contributed by atoms with Crippen LogP contribution in [0.3, 0.4) is 0 Å². The third kappa shape index (κ3) is 4.72. The molecule has 0 bridgehead atoms. The molecule has 2 aliphatic heterocycles. The van der Waals surface area contributed by atoms with Gasteiger partial charge in [-0.2, -0.15) is 5.26 Å². The average Bonchev–Trinajstić information content (AvgIpc) is 2.75. The van der Waals surface area contributed by atoms with Crippen molar-refractivity contribution in [2.45, 2.75) is 35.4 Å². The third-order valence-corrected chi connectivity index (χ3v) is 6.86. The molecule has 0 spiro atoms. The van der Waals surface area contributed by atoms with Crippen LogP contribution in [0, 0.1) is 11.3 Å². The highest BCUT2D eigenvalue weighted by Crippen LogP contribution is 2.38. The van der Waals surface area contributed by atoms with E-state index in [0.717, 1.165) is 36.5 Å². The molecular weight excluding hydrogens is 420 g/mol. The summed E-state index contributed by atoms with van der Waals surface area (Å²) in [4.78, 5) is 28.1. The lowest BCUT2D eigenvalue weighted by Gasteiger charge is -2.34. The van der Waals surface area contributed by atoms with Crippen molar-refractivity contribution < 1.29 is 9.59 Å². The number of nitriles is 1. The topological polar surface area (TPSA) is 85.2 Å². The van der Waals surface area contributed by atoms with E-state index in [4.69, 9.17) is 16.9 Å². The van der Waals surface area contributed by atoms with E-state index in [0.29, 0.717) is 16.3 Å². The van der Waals surface area contributed by atoms with Gasteiger partial charge in [0.2, 0.25) is 11.8 Å². The number of carbonyl (C=O) groups is 2. The van der Waals surface area contributed by atoms with Crippen molar-refractivity contribution in [3.63, 3.8) is 0 Å². The van der Waals surface area contributed by atoms with Crippen LogP contribution < -0.4 is 15.5 Å². The molecule has 2 aromatic rings. The highest BCUT2D eigenvalue weighted by atomic mass is 35.5. The molecule has 8 heteroatoms. The van der Waals surface area contributed by atoms with Crippen molar-refractivity contribution in [3.05, 3.63) is 53.1 Å². The van der Waals surface area contributed by atoms with Gasteiger partial charge in [-0.15, -0.1) is 11.8 Å². The first-order valence-corrected chi connectivity index (χ1v) is 11.1. The van der Waals surface area contributed by atoms with Crippen molar-refractivity contribution in [1.29, 1.82) is 5.26 Å². The summed E-state index contributed by atoms with van der Waals surface area (Å²) in [7, 11) is 0. The first-order chi connectivity index (χ1) is 14.5. The largest absolute Gasteiger partial charge is 0.371 e. The molecule has 6 nitrogen and oxygen atoms in total. The number of amides is 2. The summed E-state index contributed by atoms with van der Waals surface area (Å²) >= 11 is 7.38. The number of fused-ring (bicyclic) bond motifs is 1. The fourth-order valence-electron chi connectivity index (χ4n) is 3.74. The number of hydrogen-bond acceptors (Lipinski definition) is 5. The Hall–Kier alpha value is -2.69. The summed E-state index contributed by atoms with van der Waals surface area (Å²) in [5, 5.41) is 15.0. The minimum Gasteiger partial charge on any atom is -0.371 e. The quantitative estimate of drug-likeness (QED) is 0.755. The Bertz CT molecular complexity index is 997. The molecule has 1 unspecified atom stereocenters. The second-order valence-electron chi connectivity index (χ2n) is 7.43. The summed E-state index contributed by atoms with van der Waals surface area (Å²) in [6.07, 6.45) is 1.84. The smallest absolute Gasteiger partial charge is 0.238 e. The van der Waals surface area contributed by atoms with Gasteiger partial charge in [0.15, 0.2) is 0 Å². The number of anilines is 2. The fraction of sp³-hybridized carbons (Fsp3) is 0.318. The van der Waals surface area contributed by atoms with Crippen molar-refractivity contribution in [3.8, 4) is 6.07 Å². The minimum absolute atomic E-state index is 0.100. The molecule has 2 amide bonds. The molecule has 0 aromatic heterocycles. The molecule has 0 radical (unpaired) electrons. The number of thioether (sulfide) groups is 1. The van der Waals surface area contributed by atoms with Crippen LogP contribution in [0.15, 0.2) is 47.4 Å². The predicted molar refractivity (Wildman–Crippen MR) is 119 cm³/mol. The average molecular weight is 441 g/mol. The number of halogens is 1. The zero-order valence-corrected chi connectivity index (χ0v) is 17.8. The second-order valence-corrected chi connectivity index (χ2v) is 9.11. The van der Waals surface area contributed by atoms with Gasteiger partial charge in [0.05, 0.1) is 22.6 Å². The Morgan fingerprint density at radius 3 is 2.67 bits per heavy atom. The van der Waals surface area contributed by atoms with Gasteiger partial charge >= 0.3 is 0 Å². The van der Waals surface area contributed by atoms with E-state index in [2.05, 4.69) is 21.6 Å². The molecule has 2 heterocycles. The van der Waals surface area contributed by atoms with E-state index >= 15 is 0 Å². The highest BCUT2D eigenvalue weighted by Gasteiger charge is 2.30. The maximum Gasteiger partial charge on any atom is 0.238 e. The highest BCUT2D eigenvalue weighted by molar-refractivity contribution is 8.01. The van der Waals surface area contributed by atoms with Crippen LogP contribution in [0.25, 0.3) is 0 Å². The molecule has 154 valence electrons. The Morgan fingerprint density at radius 2 is 1.97 bits per heavy atom. The standard InChI is InChI=1S/C22H21ClN4O2S/c23-15-3-6-19-18(11-15)26-22(29)20(30-19)12-21(28)25-16-7-9-27(10-8-16)17-4-1-14(13-24)2-5-17/h1-6,11,16,20H,7-10,12H2,(H,25,28)(H,26,29). The number of hydrogen-bond donors (Lipinski definition) is 2. The van der Waals surface area contributed by atoms with E-state index in [1.54, 1.807) is 12.1 Å². The molecule has 30 heavy (non-hydrogen) atoms. The SMILES string of the molecule is N#Cc1ccc(N2CCC(NC(=O)CC3Sc4ccc(Cl)cc4NC3=O)CC2)cc1. The summed E-state index contributed by atoms with van der Waals surface area (Å²) in [6, 6.07) is 15.2. The van der Waals surface area contributed by atoms with Gasteiger partial charge in [-0.3, -0.25) is 9.59 Å². The number of piperidine rings is 1. The van der Waals surface area contributed by atoms with Crippen LogP contribution >= 0.6 is 23.4 Å². The molecule has 2 aromatic carbocycles. The van der Waals surface area contributed by atoms with Crippen LogP contribution in [0.2, 0.25) is 5.02 Å². The molecule has 0 aliphatic carbocycles. The van der Waals surface area contributed by atoms with Crippen LogP contribution in [-0.4, -0.2) is 36.2 Å². The fourth-order valence-corrected chi connectivity index (χ4v) is 5.00. The first-order valence-electron chi connectivity index (χ1n) is 9.83. The zero-order chi connectivity index (χ0) is 21.1. The van der Waals surface area contributed by atoms with E-state index < -0.39 is 5.25 Å². The number of benzene rings is 2. The lowest BCUT2D eigenvalue weighted by atomic mass is 10.0. The summed E-state index contributed by atoms with van der Waals surface area (Å²) < 4.78 is 0. The molecular formula is C22H21ClN4O2S. The lowest BCUT2D eigenvalue weighted by molar-refractivity contribution is -0.124. The van der Waals surface area contributed by atoms with Gasteiger partial charge < -0.3 is 15.5 Å². The predicted octanol–water partition coefficient (Wildman–Crippen LogP) is 3.80. The Kier molecular flexibility index (Phi) is 6.16. The summed E-state index contributed by atoms with van der Waals surface area (Å²) in [5.41, 5.74) is 2.44. The van der Waals surface area contributed by atoms with Gasteiger partial charge in [0, 0.05) is 41.2 Å². The summed E-state index contributed by atoms with van der Waals surface area (Å²) in [6.45, 7) is 1.67. The molecule has 1 atom stereocenters. The number of carbonyl (C=O) groups excluding carboxylic acids is 2. The second kappa shape index (κ2) is 8.99. The maximum absolute atomic E-state index is 12.5. The normalized spacial score (nSPS) is 18.9. The minimum atomic E-state index is -0.447. The van der Waals surface area contributed by atoms with Crippen molar-refractivity contribution in [1.82, 2.24) is 5.32 Å². The Labute approximate surface area is 184 Å². The number of rotatable bonds is 4. The molecule has 1 fully saturated rings. The van der Waals surface area contributed by atoms with Crippen LogP contribution in [-0.2, 0) is 9.59 Å². The summed E-state index contributed by atoms with van der Waals surface area (Å²) in [5.74, 6) is -0.266. The molecule has 0 saturated carbocycles. The Balaban J connectivity index is 1.27. The molecule has 4 rings (SSSR count). The van der Waals surface area contributed by atoms with Crippen LogP contribution in [0.1, 0.15) is 24.8 Å². The third-order valence-electron chi connectivity index (χ3n) is 5.35. The maximum atomic E-state index is 12.5. The van der Waals surface area contributed by atoms with Gasteiger partial charge in [-0.1, -0.05) is 11.6 Å². The lowest BCUT2D eigenvalue weighted by Crippen LogP contribution is -2.46. The molecule has 2 N–H and O–H groups in total. The van der Waals surface area contributed by atoms with E-state index in [1.165, 1.54) is 11.8 Å². The monoisotopic (exact) mass is 440 g/mol. The van der Waals surface area contributed by atoms with E-state index in [-0.39, 0.29) is 24.3 Å². The first kappa shape index (κ1) is 20.6. The van der Waals surface area contributed by atoms with Crippen molar-refractivity contribution in [2.75, 3.05) is 23.3 Å². The zero-order valence-electron chi connectivity index (χ0n) is 16.2. The van der Waals surface area contributed by atoms with E-state index in [1.807, 2.05) is 30.3 Å². The molecule has 1 saturated heterocycles. The van der Waals surface area contributed by atoms with Crippen molar-refractivity contribution >= 4 is 46.6 Å². The van der Waals surface area contributed by atoms with Crippen molar-refractivity contribution in [2.24, 2.45) is 0 Å². The van der Waals surface area contributed by atoms with Gasteiger partial charge in [-0.05, 0) is 55.3 Å². The van der Waals surface area contributed by atoms with Gasteiger partial charge in [0.1, 0.15) is 0 Å². The molecule has 2 aliphatic rings. The van der Waals surface area contributed by atoms with Crippen LogP contribution in [0.4, 0.5) is 11.4 Å². The van der Waals surface area contributed by atoms with Gasteiger partial charge in [0.25, 0.3) is 0 Å². The van der Waals surface area contributed by atoms with Gasteiger partial charge in [-0.25, -0.2) is 0 Å².